The highest BCUT2D eigenvalue weighted by Gasteiger charge is 2.29. The number of morpholine rings is 1. The van der Waals surface area contributed by atoms with Gasteiger partial charge in [0.05, 0.1) is 18.8 Å². The first kappa shape index (κ1) is 13.3. The Morgan fingerprint density at radius 3 is 3.11 bits per heavy atom. The van der Waals surface area contributed by atoms with Crippen molar-refractivity contribution in [3.63, 3.8) is 0 Å². The molecule has 18 heavy (non-hydrogen) atoms. The molecule has 1 aromatic heterocycles. The summed E-state index contributed by atoms with van der Waals surface area (Å²) in [5, 5.41) is 2.60. The summed E-state index contributed by atoms with van der Waals surface area (Å²) in [6.07, 6.45) is 0. The molecule has 0 unspecified atom stereocenters. The topological polar surface area (TPSA) is 51.7 Å². The molecule has 0 amide bonds. The fourth-order valence-corrected chi connectivity index (χ4v) is 2.71. The fraction of sp³-hybridized carbons (Fsp3) is 0.667. The molecule has 1 aliphatic heterocycles. The molecule has 0 aromatic carbocycles. The molecule has 6 heteroatoms. The summed E-state index contributed by atoms with van der Waals surface area (Å²) in [4.78, 5) is 18.0. The number of nitrogens with zero attached hydrogens (tertiary/aromatic N) is 2. The number of hydrogen-bond donors (Lipinski definition) is 0. The third-order valence-electron chi connectivity index (χ3n) is 2.67. The second-order valence-corrected chi connectivity index (χ2v) is 5.60. The van der Waals surface area contributed by atoms with E-state index in [9.17, 15) is 4.79 Å². The number of aromatic nitrogens is 1. The summed E-state index contributed by atoms with van der Waals surface area (Å²) in [7, 11) is 0. The molecule has 1 saturated heterocycles. The molecule has 0 aliphatic carbocycles. The maximum absolute atomic E-state index is 11.5. The van der Waals surface area contributed by atoms with Crippen LogP contribution in [0.5, 0.6) is 0 Å². The summed E-state index contributed by atoms with van der Waals surface area (Å²) in [6.45, 7) is 8.54. The molecule has 0 N–H and O–H groups in total. The van der Waals surface area contributed by atoms with Gasteiger partial charge in [0, 0.05) is 18.5 Å². The molecule has 0 bridgehead atoms. The summed E-state index contributed by atoms with van der Waals surface area (Å²) >= 11 is 1.47. The van der Waals surface area contributed by atoms with Crippen LogP contribution in [-0.4, -0.2) is 42.9 Å². The van der Waals surface area contributed by atoms with E-state index in [-0.39, 0.29) is 11.6 Å². The average molecular weight is 270 g/mol. The van der Waals surface area contributed by atoms with Gasteiger partial charge in [-0.15, -0.1) is 11.3 Å². The molecule has 1 aromatic rings. The molecule has 2 rings (SSSR count). The first-order chi connectivity index (χ1) is 8.52. The number of ether oxygens (including phenoxy) is 2. The van der Waals surface area contributed by atoms with Crippen LogP contribution in [0.3, 0.4) is 0 Å². The quantitative estimate of drug-likeness (QED) is 0.786. The number of rotatable bonds is 3. The summed E-state index contributed by atoms with van der Waals surface area (Å²) in [5.74, 6) is -0.354. The Morgan fingerprint density at radius 1 is 1.67 bits per heavy atom. The van der Waals surface area contributed by atoms with Crippen molar-refractivity contribution in [2.75, 3.05) is 31.2 Å². The SMILES string of the molecule is CCOC(=O)c1csc(N2CCOC(C)(C)C2)n1. The van der Waals surface area contributed by atoms with Crippen molar-refractivity contribution in [3.8, 4) is 0 Å². The van der Waals surface area contributed by atoms with E-state index in [4.69, 9.17) is 9.47 Å². The number of thiazole rings is 1. The van der Waals surface area contributed by atoms with Crippen LogP contribution >= 0.6 is 11.3 Å². The maximum Gasteiger partial charge on any atom is 0.357 e. The van der Waals surface area contributed by atoms with Gasteiger partial charge in [-0.05, 0) is 20.8 Å². The lowest BCUT2D eigenvalue weighted by atomic mass is 10.1. The Labute approximate surface area is 111 Å². The molecular weight excluding hydrogens is 252 g/mol. The van der Waals surface area contributed by atoms with E-state index in [0.29, 0.717) is 18.9 Å². The molecule has 0 radical (unpaired) electrons. The summed E-state index contributed by atoms with van der Waals surface area (Å²) in [5.41, 5.74) is 0.217. The fourth-order valence-electron chi connectivity index (χ4n) is 1.89. The number of anilines is 1. The lowest BCUT2D eigenvalue weighted by molar-refractivity contribution is -0.0277. The van der Waals surface area contributed by atoms with E-state index in [1.807, 2.05) is 0 Å². The molecule has 1 aliphatic rings. The van der Waals surface area contributed by atoms with Gasteiger partial charge in [0.2, 0.25) is 0 Å². The van der Waals surface area contributed by atoms with Crippen LogP contribution in [0.1, 0.15) is 31.3 Å². The Hall–Kier alpha value is -1.14. The Kier molecular flexibility index (Phi) is 3.87. The standard InChI is InChI=1S/C12H18N2O3S/c1-4-16-10(15)9-7-18-11(13-9)14-5-6-17-12(2,3)8-14/h7H,4-6,8H2,1-3H3. The van der Waals surface area contributed by atoms with Gasteiger partial charge in [-0.25, -0.2) is 9.78 Å². The smallest absolute Gasteiger partial charge is 0.357 e. The third-order valence-corrected chi connectivity index (χ3v) is 3.57. The number of carbonyl (C=O) groups is 1. The second kappa shape index (κ2) is 5.24. The van der Waals surface area contributed by atoms with Crippen LogP contribution in [0.15, 0.2) is 5.38 Å². The van der Waals surface area contributed by atoms with Crippen LogP contribution in [0, 0.1) is 0 Å². The van der Waals surface area contributed by atoms with Crippen molar-refractivity contribution >= 4 is 22.4 Å². The Morgan fingerprint density at radius 2 is 2.44 bits per heavy atom. The molecule has 0 spiro atoms. The first-order valence-corrected chi connectivity index (χ1v) is 6.91. The van der Waals surface area contributed by atoms with Crippen molar-refractivity contribution in [2.24, 2.45) is 0 Å². The normalized spacial score (nSPS) is 18.7. The lowest BCUT2D eigenvalue weighted by Crippen LogP contribution is -2.48. The molecule has 0 saturated carbocycles. The number of hydrogen-bond acceptors (Lipinski definition) is 6. The van der Waals surface area contributed by atoms with Crippen LogP contribution in [-0.2, 0) is 9.47 Å². The van der Waals surface area contributed by atoms with Gasteiger partial charge >= 0.3 is 5.97 Å². The number of carbonyl (C=O) groups excluding carboxylic acids is 1. The van der Waals surface area contributed by atoms with Crippen molar-refractivity contribution in [1.82, 2.24) is 4.98 Å². The van der Waals surface area contributed by atoms with Crippen LogP contribution in [0.4, 0.5) is 5.13 Å². The zero-order chi connectivity index (χ0) is 13.2. The van der Waals surface area contributed by atoms with Gasteiger partial charge in [-0.1, -0.05) is 0 Å². The van der Waals surface area contributed by atoms with Gasteiger partial charge < -0.3 is 14.4 Å². The Bertz CT molecular complexity index is 431. The predicted octanol–water partition coefficient (Wildman–Crippen LogP) is 1.94. The molecule has 2 heterocycles. The third kappa shape index (κ3) is 3.00. The minimum absolute atomic E-state index is 0.173. The largest absolute Gasteiger partial charge is 0.461 e. The second-order valence-electron chi connectivity index (χ2n) is 4.77. The molecule has 5 nitrogen and oxygen atoms in total. The highest BCUT2D eigenvalue weighted by molar-refractivity contribution is 7.13. The zero-order valence-corrected chi connectivity index (χ0v) is 11.7. The van der Waals surface area contributed by atoms with Gasteiger partial charge in [-0.2, -0.15) is 0 Å². The van der Waals surface area contributed by atoms with Crippen molar-refractivity contribution in [3.05, 3.63) is 11.1 Å². The van der Waals surface area contributed by atoms with E-state index >= 15 is 0 Å². The zero-order valence-electron chi connectivity index (χ0n) is 10.9. The van der Waals surface area contributed by atoms with Crippen LogP contribution in [0.25, 0.3) is 0 Å². The maximum atomic E-state index is 11.5. The van der Waals surface area contributed by atoms with E-state index in [0.717, 1.165) is 18.2 Å². The Balaban J connectivity index is 2.08. The minimum atomic E-state index is -0.354. The van der Waals surface area contributed by atoms with Crippen molar-refractivity contribution < 1.29 is 14.3 Å². The van der Waals surface area contributed by atoms with Gasteiger partial charge in [0.25, 0.3) is 0 Å². The van der Waals surface area contributed by atoms with Gasteiger partial charge in [-0.3, -0.25) is 0 Å². The number of esters is 1. The van der Waals surface area contributed by atoms with E-state index in [1.54, 1.807) is 12.3 Å². The van der Waals surface area contributed by atoms with Crippen LogP contribution < -0.4 is 4.90 Å². The van der Waals surface area contributed by atoms with E-state index < -0.39 is 0 Å². The molecular formula is C12H18N2O3S. The highest BCUT2D eigenvalue weighted by atomic mass is 32.1. The average Bonchev–Trinajstić information content (AvgIpc) is 2.77. The van der Waals surface area contributed by atoms with E-state index in [2.05, 4.69) is 23.7 Å². The predicted molar refractivity (Wildman–Crippen MR) is 70.3 cm³/mol. The van der Waals surface area contributed by atoms with Gasteiger partial charge in [0.15, 0.2) is 10.8 Å². The van der Waals surface area contributed by atoms with Gasteiger partial charge in [0.1, 0.15) is 0 Å². The summed E-state index contributed by atoms with van der Waals surface area (Å²) in [6, 6.07) is 0. The molecule has 100 valence electrons. The highest BCUT2D eigenvalue weighted by Crippen LogP contribution is 2.26. The molecule has 1 fully saturated rings. The van der Waals surface area contributed by atoms with Crippen molar-refractivity contribution in [1.29, 1.82) is 0 Å². The first-order valence-electron chi connectivity index (χ1n) is 6.03. The summed E-state index contributed by atoms with van der Waals surface area (Å²) < 4.78 is 10.6. The lowest BCUT2D eigenvalue weighted by Gasteiger charge is -2.37. The van der Waals surface area contributed by atoms with Crippen molar-refractivity contribution in [2.45, 2.75) is 26.4 Å². The minimum Gasteiger partial charge on any atom is -0.461 e. The van der Waals surface area contributed by atoms with Crippen LogP contribution in [0.2, 0.25) is 0 Å². The van der Waals surface area contributed by atoms with E-state index in [1.165, 1.54) is 11.3 Å². The molecule has 0 atom stereocenters. The monoisotopic (exact) mass is 270 g/mol.